The molecule has 0 bridgehead atoms. The largest absolute Gasteiger partial charge is 0.376 e. The monoisotopic (exact) mass is 268 g/mol. The summed E-state index contributed by atoms with van der Waals surface area (Å²) >= 11 is 6.07. The molecule has 4 heteroatoms. The highest BCUT2D eigenvalue weighted by Gasteiger charge is 2.28. The fourth-order valence-electron chi connectivity index (χ4n) is 2.64. The second-order valence-corrected chi connectivity index (χ2v) is 5.28. The average Bonchev–Trinajstić information content (AvgIpc) is 2.75. The molecule has 1 aliphatic rings. The van der Waals surface area contributed by atoms with Gasteiger partial charge in [-0.15, -0.1) is 0 Å². The van der Waals surface area contributed by atoms with Crippen molar-refractivity contribution in [3.63, 3.8) is 0 Å². The van der Waals surface area contributed by atoms with Gasteiger partial charge >= 0.3 is 0 Å². The molecule has 2 atom stereocenters. The molecule has 1 saturated heterocycles. The molecular formula is C14H21ClN2O. The van der Waals surface area contributed by atoms with Gasteiger partial charge < -0.3 is 15.0 Å². The van der Waals surface area contributed by atoms with Crippen LogP contribution in [0.5, 0.6) is 0 Å². The lowest BCUT2D eigenvalue weighted by molar-refractivity contribution is 0.118. The minimum Gasteiger partial charge on any atom is -0.376 e. The van der Waals surface area contributed by atoms with E-state index in [1.165, 1.54) is 11.3 Å². The average molecular weight is 269 g/mol. The van der Waals surface area contributed by atoms with Gasteiger partial charge in [-0.3, -0.25) is 0 Å². The molecule has 2 rings (SSSR count). The molecule has 0 aliphatic carbocycles. The van der Waals surface area contributed by atoms with Crippen molar-refractivity contribution in [2.75, 3.05) is 25.6 Å². The van der Waals surface area contributed by atoms with Crippen molar-refractivity contribution in [2.24, 2.45) is 0 Å². The van der Waals surface area contributed by atoms with Crippen LogP contribution in [0.25, 0.3) is 0 Å². The Kier molecular flexibility index (Phi) is 4.49. The molecule has 1 fully saturated rings. The van der Waals surface area contributed by atoms with E-state index in [2.05, 4.69) is 30.3 Å². The maximum atomic E-state index is 6.07. The van der Waals surface area contributed by atoms with E-state index in [1.807, 2.05) is 19.2 Å². The number of halogens is 1. The highest BCUT2D eigenvalue weighted by atomic mass is 35.5. The van der Waals surface area contributed by atoms with E-state index in [-0.39, 0.29) is 6.10 Å². The van der Waals surface area contributed by atoms with E-state index in [4.69, 9.17) is 16.3 Å². The van der Waals surface area contributed by atoms with E-state index >= 15 is 0 Å². The Morgan fingerprint density at radius 2 is 2.28 bits per heavy atom. The van der Waals surface area contributed by atoms with Gasteiger partial charge in [-0.1, -0.05) is 11.6 Å². The second-order valence-electron chi connectivity index (χ2n) is 4.85. The summed E-state index contributed by atoms with van der Waals surface area (Å²) < 4.78 is 5.65. The first-order valence-electron chi connectivity index (χ1n) is 6.41. The first-order valence-corrected chi connectivity index (χ1v) is 6.78. The van der Waals surface area contributed by atoms with Crippen molar-refractivity contribution < 1.29 is 4.74 Å². The third kappa shape index (κ3) is 2.79. The van der Waals surface area contributed by atoms with E-state index in [1.54, 1.807) is 0 Å². The molecule has 3 nitrogen and oxygen atoms in total. The van der Waals surface area contributed by atoms with E-state index < -0.39 is 0 Å². The van der Waals surface area contributed by atoms with Crippen molar-refractivity contribution in [1.82, 2.24) is 5.32 Å². The van der Waals surface area contributed by atoms with Crippen LogP contribution >= 0.6 is 11.6 Å². The number of ether oxygens (including phenoxy) is 1. The molecule has 1 N–H and O–H groups in total. The normalized spacial score (nSPS) is 23.3. The van der Waals surface area contributed by atoms with Gasteiger partial charge in [0.15, 0.2) is 0 Å². The minimum atomic E-state index is 0.285. The Morgan fingerprint density at radius 3 is 2.89 bits per heavy atom. The molecule has 0 aromatic heterocycles. The summed E-state index contributed by atoms with van der Waals surface area (Å²) in [6.45, 7) is 3.81. The molecule has 0 radical (unpaired) electrons. The molecule has 1 aromatic carbocycles. The van der Waals surface area contributed by atoms with Crippen LogP contribution in [-0.4, -0.2) is 32.8 Å². The topological polar surface area (TPSA) is 24.5 Å². The third-order valence-corrected chi connectivity index (χ3v) is 3.86. The van der Waals surface area contributed by atoms with Crippen LogP contribution in [0.4, 0.5) is 5.69 Å². The second kappa shape index (κ2) is 5.91. The summed E-state index contributed by atoms with van der Waals surface area (Å²) in [5.74, 6) is 0. The highest BCUT2D eigenvalue weighted by Crippen LogP contribution is 2.29. The van der Waals surface area contributed by atoms with Crippen LogP contribution in [0.2, 0.25) is 5.02 Å². The Balaban J connectivity index is 2.25. The summed E-state index contributed by atoms with van der Waals surface area (Å²) in [7, 11) is 4.09. The van der Waals surface area contributed by atoms with Crippen molar-refractivity contribution in [1.29, 1.82) is 0 Å². The molecule has 1 heterocycles. The smallest absolute Gasteiger partial charge is 0.0750 e. The van der Waals surface area contributed by atoms with Crippen molar-refractivity contribution in [2.45, 2.75) is 32.0 Å². The molecule has 1 aliphatic heterocycles. The fraction of sp³-hybridized carbons (Fsp3) is 0.571. The fourth-order valence-corrected chi connectivity index (χ4v) is 2.83. The zero-order valence-electron chi connectivity index (χ0n) is 11.2. The standard InChI is InChI=1S/C14H21ClN2O/c1-10-13(6-7-18-10)17(3)14-5-4-12(15)8-11(14)9-16-2/h4-5,8,10,13,16H,6-7,9H2,1-3H3. The van der Waals surface area contributed by atoms with Gasteiger partial charge in [-0.2, -0.15) is 0 Å². The van der Waals surface area contributed by atoms with Crippen LogP contribution in [0.15, 0.2) is 18.2 Å². The summed E-state index contributed by atoms with van der Waals surface area (Å²) in [6, 6.07) is 6.53. The van der Waals surface area contributed by atoms with Crippen LogP contribution in [0.3, 0.4) is 0 Å². The number of benzene rings is 1. The number of rotatable bonds is 4. The number of hydrogen-bond acceptors (Lipinski definition) is 3. The Hall–Kier alpha value is -0.770. The number of nitrogens with zero attached hydrogens (tertiary/aromatic N) is 1. The molecule has 2 unspecified atom stereocenters. The van der Waals surface area contributed by atoms with Gasteiger partial charge in [0.05, 0.1) is 12.1 Å². The molecule has 18 heavy (non-hydrogen) atoms. The molecular weight excluding hydrogens is 248 g/mol. The predicted octanol–water partition coefficient (Wildman–Crippen LogP) is 2.67. The lowest BCUT2D eigenvalue weighted by Crippen LogP contribution is -2.37. The van der Waals surface area contributed by atoms with Crippen molar-refractivity contribution >= 4 is 17.3 Å². The van der Waals surface area contributed by atoms with Crippen molar-refractivity contribution in [3.05, 3.63) is 28.8 Å². The predicted molar refractivity (Wildman–Crippen MR) is 76.4 cm³/mol. The summed E-state index contributed by atoms with van der Waals surface area (Å²) in [5, 5.41) is 3.98. The maximum Gasteiger partial charge on any atom is 0.0750 e. The van der Waals surface area contributed by atoms with E-state index in [0.29, 0.717) is 6.04 Å². The number of hydrogen-bond donors (Lipinski definition) is 1. The summed E-state index contributed by atoms with van der Waals surface area (Å²) in [6.07, 6.45) is 1.37. The zero-order valence-corrected chi connectivity index (χ0v) is 12.0. The maximum absolute atomic E-state index is 6.07. The Bertz CT molecular complexity index is 411. The van der Waals surface area contributed by atoms with Gasteiger partial charge in [0.25, 0.3) is 0 Å². The Labute approximate surface area is 114 Å². The van der Waals surface area contributed by atoms with Gasteiger partial charge in [0, 0.05) is 30.9 Å². The number of likely N-dealkylation sites (N-methyl/N-ethyl adjacent to an activating group) is 1. The van der Waals surface area contributed by atoms with E-state index in [9.17, 15) is 0 Å². The molecule has 0 spiro atoms. The lowest BCUT2D eigenvalue weighted by atomic mass is 10.1. The lowest BCUT2D eigenvalue weighted by Gasteiger charge is -2.30. The molecule has 0 amide bonds. The number of nitrogens with one attached hydrogen (secondary N) is 1. The quantitative estimate of drug-likeness (QED) is 0.909. The third-order valence-electron chi connectivity index (χ3n) is 3.62. The Morgan fingerprint density at radius 1 is 1.50 bits per heavy atom. The van der Waals surface area contributed by atoms with Gasteiger partial charge in [-0.05, 0) is 44.2 Å². The van der Waals surface area contributed by atoms with Crippen LogP contribution < -0.4 is 10.2 Å². The van der Waals surface area contributed by atoms with Gasteiger partial charge in [0.2, 0.25) is 0 Å². The van der Waals surface area contributed by atoms with Crippen LogP contribution in [-0.2, 0) is 11.3 Å². The highest BCUT2D eigenvalue weighted by molar-refractivity contribution is 6.30. The molecule has 100 valence electrons. The van der Waals surface area contributed by atoms with Crippen LogP contribution in [0, 0.1) is 0 Å². The zero-order chi connectivity index (χ0) is 13.1. The molecule has 1 aromatic rings. The van der Waals surface area contributed by atoms with Gasteiger partial charge in [0.1, 0.15) is 0 Å². The first-order chi connectivity index (χ1) is 8.63. The SMILES string of the molecule is CNCc1cc(Cl)ccc1N(C)C1CCOC1C. The minimum absolute atomic E-state index is 0.285. The van der Waals surface area contributed by atoms with E-state index in [0.717, 1.165) is 24.6 Å². The van der Waals surface area contributed by atoms with Gasteiger partial charge in [-0.25, -0.2) is 0 Å². The van der Waals surface area contributed by atoms with Crippen molar-refractivity contribution in [3.8, 4) is 0 Å². The number of anilines is 1. The van der Waals surface area contributed by atoms with Crippen LogP contribution in [0.1, 0.15) is 18.9 Å². The molecule has 0 saturated carbocycles. The first kappa shape index (κ1) is 13.7. The summed E-state index contributed by atoms with van der Waals surface area (Å²) in [4.78, 5) is 2.32. The summed E-state index contributed by atoms with van der Waals surface area (Å²) in [5.41, 5.74) is 2.46.